The zero-order valence-electron chi connectivity index (χ0n) is 21.6. The number of hydrogen-bond acceptors (Lipinski definition) is 5. The normalized spacial score (nSPS) is 15.1. The van der Waals surface area contributed by atoms with Gasteiger partial charge < -0.3 is 14.6 Å². The Morgan fingerprint density at radius 3 is 2.62 bits per heavy atom. The van der Waals surface area contributed by atoms with Crippen molar-refractivity contribution in [3.8, 4) is 5.69 Å². The Morgan fingerprint density at radius 2 is 2.00 bits per heavy atom. The maximum Gasteiger partial charge on any atom is 0.418 e. The number of rotatable bonds is 9. The van der Waals surface area contributed by atoms with E-state index in [2.05, 4.69) is 10.2 Å². The number of pyridine rings is 1. The lowest BCUT2D eigenvalue weighted by Gasteiger charge is -2.33. The van der Waals surface area contributed by atoms with Gasteiger partial charge in [-0.2, -0.15) is 13.2 Å². The smallest absolute Gasteiger partial charge is 0.418 e. The van der Waals surface area contributed by atoms with Gasteiger partial charge in [0.15, 0.2) is 0 Å². The van der Waals surface area contributed by atoms with Crippen LogP contribution in [0, 0.1) is 5.92 Å². The Kier molecular flexibility index (Phi) is 7.06. The summed E-state index contributed by atoms with van der Waals surface area (Å²) in [6.45, 7) is 0.214. The summed E-state index contributed by atoms with van der Waals surface area (Å²) in [5.74, 6) is 0.132. The molecule has 1 fully saturated rings. The number of carbonyl (C=O) groups is 1. The highest BCUT2D eigenvalue weighted by atomic mass is 19.4. The fraction of sp³-hybridized carbons (Fsp3) is 0.407. The number of benzene rings is 1. The van der Waals surface area contributed by atoms with Crippen LogP contribution in [0.25, 0.3) is 11.2 Å². The van der Waals surface area contributed by atoms with E-state index in [4.69, 9.17) is 5.11 Å². The highest BCUT2D eigenvalue weighted by Gasteiger charge is 2.35. The van der Waals surface area contributed by atoms with Gasteiger partial charge in [0.1, 0.15) is 12.2 Å². The molecular weight excluding hydrogens is 513 g/mol. The molecule has 4 aromatic rings. The fourth-order valence-corrected chi connectivity index (χ4v) is 5.27. The third-order valence-corrected chi connectivity index (χ3v) is 7.44. The minimum absolute atomic E-state index is 0.0439. The Balaban J connectivity index is 1.57. The lowest BCUT2D eigenvalue weighted by atomic mass is 9.72. The van der Waals surface area contributed by atoms with Crippen LogP contribution in [0.15, 0.2) is 53.8 Å². The zero-order chi connectivity index (χ0) is 27.9. The average molecular weight is 543 g/mol. The first-order valence-electron chi connectivity index (χ1n) is 12.7. The Hall–Kier alpha value is -3.93. The zero-order valence-corrected chi connectivity index (χ0v) is 21.6. The summed E-state index contributed by atoms with van der Waals surface area (Å²) in [7, 11) is 3.50. The van der Waals surface area contributed by atoms with Crippen molar-refractivity contribution in [2.75, 3.05) is 13.6 Å². The van der Waals surface area contributed by atoms with Gasteiger partial charge in [0, 0.05) is 38.4 Å². The topological polar surface area (TPSA) is 97.7 Å². The minimum Gasteiger partial charge on any atom is -0.481 e. The molecule has 1 saturated carbocycles. The van der Waals surface area contributed by atoms with Gasteiger partial charge >= 0.3 is 17.8 Å². The van der Waals surface area contributed by atoms with E-state index in [1.165, 1.54) is 17.0 Å². The molecule has 206 valence electrons. The van der Waals surface area contributed by atoms with Gasteiger partial charge in [-0.3, -0.25) is 13.8 Å². The van der Waals surface area contributed by atoms with Crippen LogP contribution in [0.4, 0.5) is 13.2 Å². The maximum atomic E-state index is 14.1. The number of aliphatic carboxylic acids is 1. The molecule has 3 heterocycles. The first-order valence-corrected chi connectivity index (χ1v) is 12.7. The molecule has 0 unspecified atom stereocenters. The maximum absolute atomic E-state index is 14.1. The second kappa shape index (κ2) is 10.3. The van der Waals surface area contributed by atoms with E-state index in [1.54, 1.807) is 30.4 Å². The van der Waals surface area contributed by atoms with E-state index in [0.29, 0.717) is 11.6 Å². The van der Waals surface area contributed by atoms with Crippen LogP contribution in [0.3, 0.4) is 0 Å². The molecule has 0 spiro atoms. The summed E-state index contributed by atoms with van der Waals surface area (Å²) in [4.78, 5) is 25.9. The van der Waals surface area contributed by atoms with Crippen molar-refractivity contribution in [3.63, 3.8) is 0 Å². The molecule has 0 bridgehead atoms. The SMILES string of the molecule is CN(CCC(=O)O)Cc1cc(C(F)(F)F)c2cn(-c3cccc([C@H](c4nncn4C)C4CCC4)c3)c(=O)n2c1. The predicted molar refractivity (Wildman–Crippen MR) is 137 cm³/mol. The van der Waals surface area contributed by atoms with Gasteiger partial charge in [0.05, 0.1) is 23.2 Å². The van der Waals surface area contributed by atoms with Gasteiger partial charge in [-0.1, -0.05) is 18.6 Å². The van der Waals surface area contributed by atoms with Gasteiger partial charge in [-0.25, -0.2) is 4.79 Å². The molecule has 3 aromatic heterocycles. The summed E-state index contributed by atoms with van der Waals surface area (Å²) in [5.41, 5.74) is -0.165. The summed E-state index contributed by atoms with van der Waals surface area (Å²) >= 11 is 0. The highest BCUT2D eigenvalue weighted by Crippen LogP contribution is 2.43. The lowest BCUT2D eigenvalue weighted by molar-refractivity contribution is -0.137. The largest absolute Gasteiger partial charge is 0.481 e. The summed E-state index contributed by atoms with van der Waals surface area (Å²) in [5, 5.41) is 17.3. The molecule has 0 saturated heterocycles. The summed E-state index contributed by atoms with van der Waals surface area (Å²) in [6, 6.07) is 8.32. The van der Waals surface area contributed by atoms with Crippen molar-refractivity contribution >= 4 is 11.5 Å². The standard InChI is InChI=1S/C27H29F3N6O3/c1-33(10-9-23(37)38)13-17-11-21(27(28,29)30)22-15-35(26(39)36(22)14-17)20-8-4-7-19(12-20)24(18-5-3-6-18)25-32-31-16-34(25)2/h4,7-8,11-12,14-16,18,24H,3,5-6,9-10,13H2,1-2H3,(H,37,38)/t24-/m1/s1. The molecule has 0 amide bonds. The van der Waals surface area contributed by atoms with Gasteiger partial charge in [0.25, 0.3) is 0 Å². The summed E-state index contributed by atoms with van der Waals surface area (Å²) < 4.78 is 46.4. The third kappa shape index (κ3) is 5.33. The molecule has 39 heavy (non-hydrogen) atoms. The number of fused-ring (bicyclic) bond motifs is 1. The quantitative estimate of drug-likeness (QED) is 0.343. The van der Waals surface area contributed by atoms with Gasteiger partial charge in [-0.05, 0) is 55.1 Å². The molecule has 0 aliphatic heterocycles. The van der Waals surface area contributed by atoms with Crippen LogP contribution >= 0.6 is 0 Å². The number of nitrogens with zero attached hydrogens (tertiary/aromatic N) is 6. The molecule has 1 aliphatic carbocycles. The Labute approximate surface area is 222 Å². The minimum atomic E-state index is -4.69. The van der Waals surface area contributed by atoms with E-state index in [9.17, 15) is 22.8 Å². The Bertz CT molecular complexity index is 1570. The van der Waals surface area contributed by atoms with Crippen LogP contribution in [0.5, 0.6) is 0 Å². The van der Waals surface area contributed by atoms with Crippen molar-refractivity contribution < 1.29 is 23.1 Å². The molecule has 1 atom stereocenters. The lowest BCUT2D eigenvalue weighted by Crippen LogP contribution is -2.25. The molecule has 12 heteroatoms. The molecule has 0 radical (unpaired) electrons. The highest BCUT2D eigenvalue weighted by molar-refractivity contribution is 5.66. The number of carboxylic acids is 1. The average Bonchev–Trinajstić information content (AvgIpc) is 3.42. The number of aryl methyl sites for hydroxylation is 1. The second-order valence-corrected chi connectivity index (χ2v) is 10.2. The molecular formula is C27H29F3N6O3. The molecule has 1 aliphatic rings. The van der Waals surface area contributed by atoms with Crippen LogP contribution in [0.2, 0.25) is 0 Å². The van der Waals surface area contributed by atoms with Crippen molar-refractivity contribution in [1.29, 1.82) is 0 Å². The molecule has 1 aromatic carbocycles. The molecule has 1 N–H and O–H groups in total. The first kappa shape index (κ1) is 26.7. The Morgan fingerprint density at radius 1 is 1.23 bits per heavy atom. The third-order valence-electron chi connectivity index (χ3n) is 7.44. The fourth-order valence-electron chi connectivity index (χ4n) is 5.27. The number of alkyl halides is 3. The van der Waals surface area contributed by atoms with E-state index >= 15 is 0 Å². The first-order chi connectivity index (χ1) is 18.5. The molecule has 9 nitrogen and oxygen atoms in total. The number of aromatic nitrogens is 5. The van der Waals surface area contributed by atoms with Gasteiger partial charge in [0.2, 0.25) is 0 Å². The van der Waals surface area contributed by atoms with Crippen LogP contribution in [-0.2, 0) is 24.6 Å². The van der Waals surface area contributed by atoms with E-state index in [1.807, 2.05) is 23.7 Å². The number of carboxylic acid groups (broad SMARTS) is 1. The van der Waals surface area contributed by atoms with Crippen molar-refractivity contribution in [2.24, 2.45) is 13.0 Å². The van der Waals surface area contributed by atoms with Gasteiger partial charge in [-0.15, -0.1) is 10.2 Å². The van der Waals surface area contributed by atoms with Crippen molar-refractivity contribution in [3.05, 3.63) is 82.1 Å². The number of hydrogen-bond donors (Lipinski definition) is 1. The van der Waals surface area contributed by atoms with Crippen molar-refractivity contribution in [2.45, 2.75) is 44.3 Å². The van der Waals surface area contributed by atoms with Crippen molar-refractivity contribution in [1.82, 2.24) is 28.6 Å². The van der Waals surface area contributed by atoms with Crippen LogP contribution in [0.1, 0.15) is 54.1 Å². The van der Waals surface area contributed by atoms with Crippen LogP contribution < -0.4 is 5.69 Å². The van der Waals surface area contributed by atoms with E-state index in [-0.39, 0.29) is 36.5 Å². The second-order valence-electron chi connectivity index (χ2n) is 10.2. The van der Waals surface area contributed by atoms with E-state index < -0.39 is 23.4 Å². The number of halogens is 3. The monoisotopic (exact) mass is 542 g/mol. The molecule has 5 rings (SSSR count). The predicted octanol–water partition coefficient (Wildman–Crippen LogP) is 4.08. The summed E-state index contributed by atoms with van der Waals surface area (Å²) in [6.07, 6.45) is 2.62. The number of imidazole rings is 1. The van der Waals surface area contributed by atoms with Crippen LogP contribution in [-0.4, -0.2) is 53.3 Å². The van der Waals surface area contributed by atoms with E-state index in [0.717, 1.165) is 41.1 Å².